The number of nitrogens with one attached hydrogen (secondary N) is 1. The van der Waals surface area contributed by atoms with Crippen LogP contribution in [0.5, 0.6) is 0 Å². The van der Waals surface area contributed by atoms with Crippen LogP contribution in [0.2, 0.25) is 0 Å². The summed E-state index contributed by atoms with van der Waals surface area (Å²) in [6, 6.07) is 10.4. The standard InChI is InChI=1S/C12H17N.ClH/c1-10(2)13-12(3,4)11-8-6-5-7-9-11;/h5-9,13H,1H2,2-4H3;1H. The second kappa shape index (κ2) is 5.06. The topological polar surface area (TPSA) is 12.0 Å². The van der Waals surface area contributed by atoms with Crippen LogP contribution in [0.15, 0.2) is 42.6 Å². The minimum atomic E-state index is -0.0346. The summed E-state index contributed by atoms with van der Waals surface area (Å²) in [4.78, 5) is 0. The predicted molar refractivity (Wildman–Crippen MR) is 64.7 cm³/mol. The van der Waals surface area contributed by atoms with Gasteiger partial charge in [-0.25, -0.2) is 0 Å². The van der Waals surface area contributed by atoms with Gasteiger partial charge in [-0.1, -0.05) is 36.9 Å². The summed E-state index contributed by atoms with van der Waals surface area (Å²) in [5.74, 6) is 0. The second-order valence-electron chi connectivity index (χ2n) is 3.90. The molecule has 0 aliphatic carbocycles. The molecule has 1 aromatic rings. The number of benzene rings is 1. The Morgan fingerprint density at radius 2 is 1.71 bits per heavy atom. The number of hydrogen-bond donors (Lipinski definition) is 1. The predicted octanol–water partition coefficient (Wildman–Crippen LogP) is 3.47. The normalized spacial score (nSPS) is 10.2. The first-order chi connectivity index (χ1) is 6.02. The van der Waals surface area contributed by atoms with E-state index in [0.717, 1.165) is 5.70 Å². The van der Waals surface area contributed by atoms with Crippen molar-refractivity contribution >= 4 is 12.4 Å². The van der Waals surface area contributed by atoms with Gasteiger partial charge in [-0.15, -0.1) is 12.4 Å². The molecule has 0 saturated heterocycles. The summed E-state index contributed by atoms with van der Waals surface area (Å²) >= 11 is 0. The SMILES string of the molecule is C=C(C)NC(C)(C)c1ccccc1.Cl. The van der Waals surface area contributed by atoms with Gasteiger partial charge in [0.1, 0.15) is 0 Å². The van der Waals surface area contributed by atoms with Crippen molar-refractivity contribution in [1.29, 1.82) is 0 Å². The number of rotatable bonds is 3. The quantitative estimate of drug-likeness (QED) is 0.808. The highest BCUT2D eigenvalue weighted by Crippen LogP contribution is 2.20. The second-order valence-corrected chi connectivity index (χ2v) is 3.90. The molecule has 0 aromatic heterocycles. The zero-order chi connectivity index (χ0) is 9.90. The number of allylic oxidation sites excluding steroid dienone is 1. The Labute approximate surface area is 92.6 Å². The third-order valence-corrected chi connectivity index (χ3v) is 2.02. The van der Waals surface area contributed by atoms with Gasteiger partial charge in [0.25, 0.3) is 0 Å². The van der Waals surface area contributed by atoms with Crippen molar-refractivity contribution in [3.63, 3.8) is 0 Å². The lowest BCUT2D eigenvalue weighted by Gasteiger charge is -2.28. The van der Waals surface area contributed by atoms with Gasteiger partial charge in [0.15, 0.2) is 0 Å². The van der Waals surface area contributed by atoms with E-state index in [9.17, 15) is 0 Å². The van der Waals surface area contributed by atoms with Crippen LogP contribution in [0, 0.1) is 0 Å². The van der Waals surface area contributed by atoms with Crippen molar-refractivity contribution < 1.29 is 0 Å². The van der Waals surface area contributed by atoms with E-state index in [1.165, 1.54) is 5.56 Å². The summed E-state index contributed by atoms with van der Waals surface area (Å²) < 4.78 is 0. The fourth-order valence-corrected chi connectivity index (χ4v) is 1.46. The van der Waals surface area contributed by atoms with Crippen molar-refractivity contribution in [2.45, 2.75) is 26.3 Å². The summed E-state index contributed by atoms with van der Waals surface area (Å²) in [7, 11) is 0. The summed E-state index contributed by atoms with van der Waals surface area (Å²) in [6.07, 6.45) is 0. The molecule has 1 aromatic carbocycles. The van der Waals surface area contributed by atoms with Crippen molar-refractivity contribution in [3.8, 4) is 0 Å². The van der Waals surface area contributed by atoms with Crippen molar-refractivity contribution in [3.05, 3.63) is 48.2 Å². The van der Waals surface area contributed by atoms with Crippen LogP contribution in [0.25, 0.3) is 0 Å². The average molecular weight is 212 g/mol. The van der Waals surface area contributed by atoms with Gasteiger partial charge in [0.05, 0.1) is 5.54 Å². The van der Waals surface area contributed by atoms with Crippen LogP contribution >= 0.6 is 12.4 Å². The maximum absolute atomic E-state index is 3.85. The van der Waals surface area contributed by atoms with E-state index >= 15 is 0 Å². The molecule has 78 valence electrons. The molecule has 0 saturated carbocycles. The Hall–Kier alpha value is -0.950. The third-order valence-electron chi connectivity index (χ3n) is 2.02. The van der Waals surface area contributed by atoms with Gasteiger partial charge in [0.2, 0.25) is 0 Å². The lowest BCUT2D eigenvalue weighted by molar-refractivity contribution is 0.450. The van der Waals surface area contributed by atoms with Gasteiger partial charge in [0, 0.05) is 5.70 Å². The molecule has 1 rings (SSSR count). The Morgan fingerprint density at radius 3 is 2.14 bits per heavy atom. The fourth-order valence-electron chi connectivity index (χ4n) is 1.46. The summed E-state index contributed by atoms with van der Waals surface area (Å²) in [6.45, 7) is 10.1. The van der Waals surface area contributed by atoms with Crippen LogP contribution in [-0.2, 0) is 5.54 Å². The molecule has 1 nitrogen and oxygen atoms in total. The lowest BCUT2D eigenvalue weighted by atomic mass is 9.94. The summed E-state index contributed by atoms with van der Waals surface area (Å²) in [5.41, 5.74) is 2.24. The summed E-state index contributed by atoms with van der Waals surface area (Å²) in [5, 5.41) is 3.34. The molecule has 0 bridgehead atoms. The zero-order valence-corrected chi connectivity index (χ0v) is 9.82. The number of halogens is 1. The molecular formula is C12H18ClN. The maximum atomic E-state index is 3.85. The third kappa shape index (κ3) is 3.43. The molecular weight excluding hydrogens is 194 g/mol. The monoisotopic (exact) mass is 211 g/mol. The first kappa shape index (κ1) is 13.1. The van der Waals surface area contributed by atoms with E-state index in [2.05, 4.69) is 50.0 Å². The van der Waals surface area contributed by atoms with Crippen molar-refractivity contribution in [1.82, 2.24) is 5.32 Å². The Bertz CT molecular complexity index is 290. The molecule has 14 heavy (non-hydrogen) atoms. The molecule has 0 heterocycles. The molecule has 0 amide bonds. The van der Waals surface area contributed by atoms with Crippen LogP contribution in [0.3, 0.4) is 0 Å². The largest absolute Gasteiger partial charge is 0.380 e. The fraction of sp³-hybridized carbons (Fsp3) is 0.333. The van der Waals surface area contributed by atoms with Gasteiger partial charge < -0.3 is 5.32 Å². The van der Waals surface area contributed by atoms with Crippen LogP contribution < -0.4 is 5.32 Å². The molecule has 0 radical (unpaired) electrons. The van der Waals surface area contributed by atoms with Crippen LogP contribution in [-0.4, -0.2) is 0 Å². The molecule has 2 heteroatoms. The van der Waals surface area contributed by atoms with Gasteiger partial charge in [-0.3, -0.25) is 0 Å². The molecule has 0 unspecified atom stereocenters. The van der Waals surface area contributed by atoms with E-state index in [0.29, 0.717) is 0 Å². The van der Waals surface area contributed by atoms with Gasteiger partial charge >= 0.3 is 0 Å². The van der Waals surface area contributed by atoms with Crippen molar-refractivity contribution in [2.24, 2.45) is 0 Å². The van der Waals surface area contributed by atoms with E-state index in [1.807, 2.05) is 13.0 Å². The van der Waals surface area contributed by atoms with E-state index in [-0.39, 0.29) is 17.9 Å². The molecule has 0 spiro atoms. The Morgan fingerprint density at radius 1 is 1.21 bits per heavy atom. The molecule has 0 aliphatic rings. The molecule has 1 N–H and O–H groups in total. The van der Waals surface area contributed by atoms with E-state index in [1.54, 1.807) is 0 Å². The highest BCUT2D eigenvalue weighted by atomic mass is 35.5. The molecule has 0 aliphatic heterocycles. The molecule has 0 atom stereocenters. The van der Waals surface area contributed by atoms with E-state index < -0.39 is 0 Å². The van der Waals surface area contributed by atoms with Gasteiger partial charge in [-0.05, 0) is 26.3 Å². The average Bonchev–Trinajstić information content (AvgIpc) is 2.04. The first-order valence-electron chi connectivity index (χ1n) is 4.51. The van der Waals surface area contributed by atoms with Crippen LogP contribution in [0.4, 0.5) is 0 Å². The first-order valence-corrected chi connectivity index (χ1v) is 4.51. The Kier molecular flexibility index (Phi) is 4.72. The van der Waals surface area contributed by atoms with E-state index in [4.69, 9.17) is 0 Å². The highest BCUT2D eigenvalue weighted by molar-refractivity contribution is 5.85. The van der Waals surface area contributed by atoms with Crippen molar-refractivity contribution in [2.75, 3.05) is 0 Å². The highest BCUT2D eigenvalue weighted by Gasteiger charge is 2.18. The minimum Gasteiger partial charge on any atom is -0.380 e. The zero-order valence-electron chi connectivity index (χ0n) is 9.00. The molecule has 0 fully saturated rings. The maximum Gasteiger partial charge on any atom is 0.0565 e. The lowest BCUT2D eigenvalue weighted by Crippen LogP contribution is -2.34. The van der Waals surface area contributed by atoms with Crippen LogP contribution in [0.1, 0.15) is 26.3 Å². The van der Waals surface area contributed by atoms with Gasteiger partial charge in [-0.2, -0.15) is 0 Å². The smallest absolute Gasteiger partial charge is 0.0565 e. The number of hydrogen-bond acceptors (Lipinski definition) is 1. The minimum absolute atomic E-state index is 0. The Balaban J connectivity index is 0.00000169.